The van der Waals surface area contributed by atoms with Crippen LogP contribution in [0.3, 0.4) is 0 Å². The fourth-order valence-corrected chi connectivity index (χ4v) is 3.66. The molecule has 0 amide bonds. The topological polar surface area (TPSA) is 61.8 Å². The molecule has 0 fully saturated rings. The van der Waals surface area contributed by atoms with Crippen LogP contribution in [0.25, 0.3) is 21.5 Å². The second-order valence-electron chi connectivity index (χ2n) is 4.98. The van der Waals surface area contributed by atoms with E-state index in [9.17, 15) is 8.42 Å². The summed E-state index contributed by atoms with van der Waals surface area (Å²) in [4.78, 5) is -0.104. The van der Waals surface area contributed by atoms with E-state index in [-0.39, 0.29) is 16.4 Å². The molecule has 0 aliphatic heterocycles. The molecule has 0 aliphatic rings. The normalized spacial score (nSPS) is 11.8. The highest BCUT2D eigenvalue weighted by Crippen LogP contribution is 2.42. The zero-order valence-corrected chi connectivity index (χ0v) is 13.8. The van der Waals surface area contributed by atoms with Crippen LogP contribution in [0.1, 0.15) is 0 Å². The van der Waals surface area contributed by atoms with Crippen molar-refractivity contribution in [1.29, 1.82) is 0 Å². The predicted molar refractivity (Wildman–Crippen MR) is 88.8 cm³/mol. The van der Waals surface area contributed by atoms with Gasteiger partial charge in [0.05, 0.1) is 21.3 Å². The van der Waals surface area contributed by atoms with Gasteiger partial charge in [-0.1, -0.05) is 24.3 Å². The molecule has 0 saturated carbocycles. The van der Waals surface area contributed by atoms with Gasteiger partial charge in [-0.05, 0) is 34.4 Å². The monoisotopic (exact) mass is 332 g/mol. The van der Waals surface area contributed by atoms with Gasteiger partial charge in [-0.25, -0.2) is 0 Å². The van der Waals surface area contributed by atoms with Crippen molar-refractivity contribution >= 4 is 31.7 Å². The van der Waals surface area contributed by atoms with Gasteiger partial charge in [-0.2, -0.15) is 8.42 Å². The first-order valence-electron chi connectivity index (χ1n) is 6.90. The Morgan fingerprint density at radius 1 is 0.826 bits per heavy atom. The molecule has 0 aromatic heterocycles. The Hall–Kier alpha value is -2.31. The highest BCUT2D eigenvalue weighted by molar-refractivity contribution is 7.87. The maximum atomic E-state index is 12.3. The Bertz CT molecular complexity index is 993. The zero-order valence-electron chi connectivity index (χ0n) is 13.0. The van der Waals surface area contributed by atoms with Crippen molar-refractivity contribution in [2.75, 3.05) is 21.3 Å². The minimum Gasteiger partial charge on any atom is -0.495 e. The van der Waals surface area contributed by atoms with Crippen LogP contribution in [0.2, 0.25) is 0 Å². The van der Waals surface area contributed by atoms with Gasteiger partial charge < -0.3 is 9.47 Å². The van der Waals surface area contributed by atoms with Crippen molar-refractivity contribution in [1.82, 2.24) is 0 Å². The molecule has 6 heteroatoms. The molecule has 0 saturated heterocycles. The van der Waals surface area contributed by atoms with Gasteiger partial charge in [-0.15, -0.1) is 0 Å². The summed E-state index contributed by atoms with van der Waals surface area (Å²) in [6.45, 7) is 0. The van der Waals surface area contributed by atoms with Crippen molar-refractivity contribution in [3.63, 3.8) is 0 Å². The quantitative estimate of drug-likeness (QED) is 0.542. The largest absolute Gasteiger partial charge is 0.495 e. The summed E-state index contributed by atoms with van der Waals surface area (Å²) in [6.07, 6.45) is 0. The van der Waals surface area contributed by atoms with Crippen LogP contribution in [0.4, 0.5) is 0 Å². The van der Waals surface area contributed by atoms with Crippen LogP contribution in [-0.2, 0) is 14.3 Å². The van der Waals surface area contributed by atoms with E-state index >= 15 is 0 Å². The highest BCUT2D eigenvalue weighted by atomic mass is 32.2. The zero-order chi connectivity index (χ0) is 16.6. The van der Waals surface area contributed by atoms with Gasteiger partial charge in [-0.3, -0.25) is 4.18 Å². The number of fused-ring (bicyclic) bond motifs is 2. The molecule has 5 nitrogen and oxygen atoms in total. The van der Waals surface area contributed by atoms with Crippen LogP contribution in [0.15, 0.2) is 47.4 Å². The maximum absolute atomic E-state index is 12.3. The first-order valence-corrected chi connectivity index (χ1v) is 8.30. The lowest BCUT2D eigenvalue weighted by molar-refractivity contribution is 0.358. The fourth-order valence-electron chi connectivity index (χ4n) is 2.69. The lowest BCUT2D eigenvalue weighted by atomic mass is 10.0. The second-order valence-corrected chi connectivity index (χ2v) is 6.63. The average molecular weight is 332 g/mol. The molecule has 3 rings (SSSR count). The number of hydrogen-bond donors (Lipinski definition) is 0. The number of methoxy groups -OCH3 is 2. The van der Waals surface area contributed by atoms with E-state index in [0.717, 1.165) is 23.3 Å². The summed E-state index contributed by atoms with van der Waals surface area (Å²) >= 11 is 0. The maximum Gasteiger partial charge on any atom is 0.304 e. The van der Waals surface area contributed by atoms with Crippen LogP contribution in [0.5, 0.6) is 11.5 Å². The Morgan fingerprint density at radius 3 is 2.04 bits per heavy atom. The summed E-state index contributed by atoms with van der Waals surface area (Å²) < 4.78 is 39.9. The summed E-state index contributed by atoms with van der Waals surface area (Å²) in [5.41, 5.74) is 0. The smallest absolute Gasteiger partial charge is 0.304 e. The van der Waals surface area contributed by atoms with Gasteiger partial charge in [0, 0.05) is 5.39 Å². The van der Waals surface area contributed by atoms with E-state index < -0.39 is 10.1 Å². The molecule has 0 bridgehead atoms. The van der Waals surface area contributed by atoms with Crippen molar-refractivity contribution < 1.29 is 22.1 Å². The number of rotatable bonds is 4. The molecule has 23 heavy (non-hydrogen) atoms. The van der Waals surface area contributed by atoms with Crippen LogP contribution in [0, 0.1) is 0 Å². The van der Waals surface area contributed by atoms with Gasteiger partial charge in [0.2, 0.25) is 0 Å². The van der Waals surface area contributed by atoms with Crippen LogP contribution >= 0.6 is 0 Å². The Kier molecular flexibility index (Phi) is 3.87. The third-order valence-corrected chi connectivity index (χ3v) is 5.10. The lowest BCUT2D eigenvalue weighted by Crippen LogP contribution is -2.08. The molecule has 0 heterocycles. The van der Waals surface area contributed by atoms with E-state index in [2.05, 4.69) is 4.18 Å². The summed E-state index contributed by atoms with van der Waals surface area (Å²) in [5.74, 6) is 0.401. The summed E-state index contributed by atoms with van der Waals surface area (Å²) in [5, 5.41) is 3.55. The standard InChI is InChI=1S/C17H16O5S/c1-20-15-10-13-8-11-6-4-5-7-12(11)9-14(13)16(21-2)17(15)23(18,19)22-3/h4-10H,1-3H3. The van der Waals surface area contributed by atoms with Gasteiger partial charge in [0.25, 0.3) is 0 Å². The third kappa shape index (κ3) is 2.50. The van der Waals surface area contributed by atoms with E-state index in [0.29, 0.717) is 5.39 Å². The molecule has 0 aliphatic carbocycles. The highest BCUT2D eigenvalue weighted by Gasteiger charge is 2.27. The molecule has 0 radical (unpaired) electrons. The van der Waals surface area contributed by atoms with Crippen molar-refractivity contribution in [3.8, 4) is 11.5 Å². The Labute approximate surface area is 134 Å². The third-order valence-electron chi connectivity index (χ3n) is 3.77. The van der Waals surface area contributed by atoms with Crippen molar-refractivity contribution in [2.24, 2.45) is 0 Å². The summed E-state index contributed by atoms with van der Waals surface area (Å²) in [6, 6.07) is 13.4. The van der Waals surface area contributed by atoms with Gasteiger partial charge >= 0.3 is 10.1 Å². The number of benzene rings is 3. The first-order chi connectivity index (χ1) is 11.0. The molecule has 0 atom stereocenters. The molecular formula is C17H16O5S. The van der Waals surface area contributed by atoms with Crippen LogP contribution in [-0.4, -0.2) is 29.7 Å². The predicted octanol–water partition coefficient (Wildman–Crippen LogP) is 3.35. The molecule has 0 spiro atoms. The lowest BCUT2D eigenvalue weighted by Gasteiger charge is -2.16. The van der Waals surface area contributed by atoms with Gasteiger partial charge in [0.15, 0.2) is 10.6 Å². The molecule has 120 valence electrons. The SMILES string of the molecule is COc1cc2cc3ccccc3cc2c(OC)c1S(=O)(=O)OC. The average Bonchev–Trinajstić information content (AvgIpc) is 2.58. The van der Waals surface area contributed by atoms with Crippen molar-refractivity contribution in [2.45, 2.75) is 4.90 Å². The fraction of sp³-hybridized carbons (Fsp3) is 0.176. The Morgan fingerprint density at radius 2 is 1.48 bits per heavy atom. The van der Waals surface area contributed by atoms with Crippen LogP contribution < -0.4 is 9.47 Å². The first kappa shape index (κ1) is 15.6. The van der Waals surface area contributed by atoms with E-state index in [1.807, 2.05) is 36.4 Å². The summed E-state index contributed by atoms with van der Waals surface area (Å²) in [7, 11) is -0.0268. The van der Waals surface area contributed by atoms with E-state index in [4.69, 9.17) is 9.47 Å². The molecule has 0 N–H and O–H groups in total. The minimum atomic E-state index is -3.98. The molecule has 0 unspecified atom stereocenters. The van der Waals surface area contributed by atoms with Crippen molar-refractivity contribution in [3.05, 3.63) is 42.5 Å². The molecular weight excluding hydrogens is 316 g/mol. The van der Waals surface area contributed by atoms with Gasteiger partial charge in [0.1, 0.15) is 5.75 Å². The van der Waals surface area contributed by atoms with E-state index in [1.165, 1.54) is 14.2 Å². The van der Waals surface area contributed by atoms with E-state index in [1.54, 1.807) is 6.07 Å². The Balaban J connectivity index is 2.50. The molecule has 3 aromatic carbocycles. The molecule has 3 aromatic rings. The number of hydrogen-bond acceptors (Lipinski definition) is 5. The minimum absolute atomic E-state index is 0.104. The second kappa shape index (κ2) is 5.72. The number of ether oxygens (including phenoxy) is 2.